The van der Waals surface area contributed by atoms with Crippen LogP contribution in [0.4, 0.5) is 0 Å². The van der Waals surface area contributed by atoms with Gasteiger partial charge in [-0.25, -0.2) is 0 Å². The van der Waals surface area contributed by atoms with Gasteiger partial charge in [0.15, 0.2) is 6.29 Å². The van der Waals surface area contributed by atoms with E-state index in [0.29, 0.717) is 6.42 Å². The molecule has 0 spiro atoms. The van der Waals surface area contributed by atoms with Crippen LogP contribution in [0, 0.1) is 0 Å². The van der Waals surface area contributed by atoms with E-state index in [0.717, 1.165) is 51.4 Å². The number of carbonyl (C=O) groups excluding carboxylic acids is 1. The van der Waals surface area contributed by atoms with Crippen molar-refractivity contribution in [3.8, 4) is 0 Å². The summed E-state index contributed by atoms with van der Waals surface area (Å²) in [7, 11) is 0. The molecule has 58 heavy (non-hydrogen) atoms. The Kier molecular flexibility index (Phi) is 37.5. The highest BCUT2D eigenvalue weighted by atomic mass is 16.7. The van der Waals surface area contributed by atoms with E-state index in [1.54, 1.807) is 6.08 Å². The molecule has 0 radical (unpaired) electrons. The minimum absolute atomic E-state index is 0.192. The van der Waals surface area contributed by atoms with E-state index in [9.17, 15) is 30.3 Å². The monoisotopic (exact) mass is 824 g/mol. The number of aliphatic hydroxyl groups excluding tert-OH is 5. The van der Waals surface area contributed by atoms with Crippen LogP contribution in [-0.2, 0) is 14.3 Å². The largest absolute Gasteiger partial charge is 0.394 e. The quantitative estimate of drug-likeness (QED) is 0.0264. The molecule has 0 bridgehead atoms. The van der Waals surface area contributed by atoms with Crippen molar-refractivity contribution < 1.29 is 39.8 Å². The number of nitrogens with one attached hydrogen (secondary N) is 1. The number of carbonyl (C=O) groups is 1. The van der Waals surface area contributed by atoms with Gasteiger partial charge in [-0.1, -0.05) is 199 Å². The van der Waals surface area contributed by atoms with E-state index in [-0.39, 0.29) is 12.5 Å². The van der Waals surface area contributed by atoms with Gasteiger partial charge in [0.2, 0.25) is 5.91 Å². The summed E-state index contributed by atoms with van der Waals surface area (Å²) < 4.78 is 11.2. The molecule has 342 valence electrons. The van der Waals surface area contributed by atoms with Gasteiger partial charge in [-0.15, -0.1) is 0 Å². The SMILES string of the molecule is CCCCCCCC/C=C\CCCCCC(=O)NC(COC1OC(CO)C(O)C(O)C1O)C(O)/C=C/CCCCCCCCCCCCCCCCCCCCCC. The molecule has 1 amide bonds. The lowest BCUT2D eigenvalue weighted by Gasteiger charge is -2.40. The highest BCUT2D eigenvalue weighted by Gasteiger charge is 2.44. The fraction of sp³-hybridized carbons (Fsp3) is 0.898. The fourth-order valence-electron chi connectivity index (χ4n) is 7.80. The highest BCUT2D eigenvalue weighted by Crippen LogP contribution is 2.23. The fourth-order valence-corrected chi connectivity index (χ4v) is 7.80. The van der Waals surface area contributed by atoms with Gasteiger partial charge in [0, 0.05) is 6.42 Å². The Balaban J connectivity index is 2.30. The second-order valence-corrected chi connectivity index (χ2v) is 17.3. The summed E-state index contributed by atoms with van der Waals surface area (Å²) in [6.45, 7) is 3.77. The molecule has 0 aromatic rings. The Labute approximate surface area is 356 Å². The normalized spacial score (nSPS) is 21.0. The average Bonchev–Trinajstić information content (AvgIpc) is 3.22. The summed E-state index contributed by atoms with van der Waals surface area (Å²) in [5, 5.41) is 54.2. The molecule has 1 aliphatic rings. The van der Waals surface area contributed by atoms with Gasteiger partial charge in [0.25, 0.3) is 0 Å². The lowest BCUT2D eigenvalue weighted by atomic mass is 9.99. The second-order valence-electron chi connectivity index (χ2n) is 17.3. The highest BCUT2D eigenvalue weighted by molar-refractivity contribution is 5.76. The number of amides is 1. The summed E-state index contributed by atoms with van der Waals surface area (Å²) in [4.78, 5) is 12.9. The summed E-state index contributed by atoms with van der Waals surface area (Å²) in [6.07, 6.45) is 40.9. The predicted octanol–water partition coefficient (Wildman–Crippen LogP) is 10.7. The molecule has 1 aliphatic heterocycles. The third kappa shape index (κ3) is 29.8. The molecule has 1 rings (SSSR count). The average molecular weight is 824 g/mol. The van der Waals surface area contributed by atoms with E-state index in [2.05, 4.69) is 31.3 Å². The van der Waals surface area contributed by atoms with E-state index < -0.39 is 49.5 Å². The van der Waals surface area contributed by atoms with Gasteiger partial charge in [0.05, 0.1) is 25.4 Å². The van der Waals surface area contributed by atoms with Gasteiger partial charge in [0.1, 0.15) is 24.4 Å². The third-order valence-corrected chi connectivity index (χ3v) is 11.8. The molecule has 0 aliphatic carbocycles. The molecule has 1 saturated heterocycles. The van der Waals surface area contributed by atoms with Crippen molar-refractivity contribution in [2.45, 2.75) is 269 Å². The first-order valence-corrected chi connectivity index (χ1v) is 24.6. The molecule has 1 heterocycles. The zero-order chi connectivity index (χ0) is 42.3. The van der Waals surface area contributed by atoms with Crippen LogP contribution in [0.1, 0.15) is 226 Å². The zero-order valence-corrected chi connectivity index (χ0v) is 37.6. The molecule has 9 nitrogen and oxygen atoms in total. The maximum absolute atomic E-state index is 12.9. The van der Waals surface area contributed by atoms with Gasteiger partial charge in [-0.05, 0) is 44.9 Å². The molecule has 0 aromatic heterocycles. The number of rotatable bonds is 41. The molecule has 7 unspecified atom stereocenters. The predicted molar refractivity (Wildman–Crippen MR) is 240 cm³/mol. The van der Waals surface area contributed by atoms with Crippen molar-refractivity contribution >= 4 is 5.91 Å². The molecular weight excluding hydrogens is 731 g/mol. The van der Waals surface area contributed by atoms with Gasteiger partial charge in [-0.2, -0.15) is 0 Å². The Morgan fingerprint density at radius 2 is 0.966 bits per heavy atom. The minimum Gasteiger partial charge on any atom is -0.394 e. The van der Waals surface area contributed by atoms with Crippen LogP contribution in [0.15, 0.2) is 24.3 Å². The molecular formula is C49H93NO8. The van der Waals surface area contributed by atoms with Crippen LogP contribution in [0.2, 0.25) is 0 Å². The van der Waals surface area contributed by atoms with E-state index in [4.69, 9.17) is 9.47 Å². The molecule has 0 aromatic carbocycles. The second kappa shape index (κ2) is 39.8. The van der Waals surface area contributed by atoms with Crippen LogP contribution < -0.4 is 5.32 Å². The summed E-state index contributed by atoms with van der Waals surface area (Å²) in [6, 6.07) is -0.809. The smallest absolute Gasteiger partial charge is 0.220 e. The lowest BCUT2D eigenvalue weighted by Crippen LogP contribution is -2.60. The topological polar surface area (TPSA) is 149 Å². The Bertz CT molecular complexity index is 961. The van der Waals surface area contributed by atoms with E-state index in [1.165, 1.54) is 154 Å². The van der Waals surface area contributed by atoms with Crippen molar-refractivity contribution in [3.63, 3.8) is 0 Å². The van der Waals surface area contributed by atoms with Crippen LogP contribution in [0.25, 0.3) is 0 Å². The van der Waals surface area contributed by atoms with Crippen LogP contribution >= 0.6 is 0 Å². The van der Waals surface area contributed by atoms with E-state index >= 15 is 0 Å². The van der Waals surface area contributed by atoms with E-state index in [1.807, 2.05) is 6.08 Å². The van der Waals surface area contributed by atoms with Crippen LogP contribution in [0.3, 0.4) is 0 Å². The number of unbranched alkanes of at least 4 members (excludes halogenated alkanes) is 29. The van der Waals surface area contributed by atoms with Gasteiger partial charge >= 0.3 is 0 Å². The Morgan fingerprint density at radius 3 is 1.40 bits per heavy atom. The van der Waals surface area contributed by atoms with Crippen molar-refractivity contribution in [2.75, 3.05) is 13.2 Å². The van der Waals surface area contributed by atoms with Crippen LogP contribution in [-0.4, -0.2) is 87.5 Å². The molecule has 7 atom stereocenters. The van der Waals surface area contributed by atoms with Crippen molar-refractivity contribution in [1.29, 1.82) is 0 Å². The lowest BCUT2D eigenvalue weighted by molar-refractivity contribution is -0.302. The zero-order valence-electron chi connectivity index (χ0n) is 37.6. The minimum atomic E-state index is -1.57. The van der Waals surface area contributed by atoms with Gasteiger partial charge in [-0.3, -0.25) is 4.79 Å². The van der Waals surface area contributed by atoms with Crippen LogP contribution in [0.5, 0.6) is 0 Å². The third-order valence-electron chi connectivity index (χ3n) is 11.8. The Hall–Kier alpha value is -1.33. The first-order chi connectivity index (χ1) is 28.3. The van der Waals surface area contributed by atoms with Crippen molar-refractivity contribution in [3.05, 3.63) is 24.3 Å². The maximum Gasteiger partial charge on any atom is 0.220 e. The first-order valence-electron chi connectivity index (χ1n) is 24.6. The van der Waals surface area contributed by atoms with Crippen molar-refractivity contribution in [1.82, 2.24) is 5.32 Å². The standard InChI is InChI=1S/C49H93NO8/c1-3-5-7-9-11-13-15-17-18-19-20-21-22-23-24-25-27-28-30-32-34-36-38-43(52)42(41-57-49-48(56)47(55)46(54)44(40-51)58-49)50-45(53)39-37-35-33-31-29-26-16-14-12-10-8-6-4-2/h26,29,36,38,42-44,46-49,51-52,54-56H,3-25,27-28,30-35,37,39-41H2,1-2H3,(H,50,53)/b29-26-,38-36+. The van der Waals surface area contributed by atoms with Crippen molar-refractivity contribution in [2.24, 2.45) is 0 Å². The maximum atomic E-state index is 12.9. The summed E-state index contributed by atoms with van der Waals surface area (Å²) >= 11 is 0. The number of ether oxygens (including phenoxy) is 2. The first kappa shape index (κ1) is 54.7. The molecule has 6 N–H and O–H groups in total. The number of allylic oxidation sites excluding steroid dienone is 3. The molecule has 9 heteroatoms. The number of hydrogen-bond donors (Lipinski definition) is 6. The summed E-state index contributed by atoms with van der Waals surface area (Å²) in [5.41, 5.74) is 0. The number of aliphatic hydroxyl groups is 5. The molecule has 1 fully saturated rings. The number of hydrogen-bond acceptors (Lipinski definition) is 8. The molecule has 0 saturated carbocycles. The summed E-state index contributed by atoms with van der Waals surface area (Å²) in [5.74, 6) is -0.192. The Morgan fingerprint density at radius 1 is 0.569 bits per heavy atom. The van der Waals surface area contributed by atoms with Gasteiger partial charge < -0.3 is 40.3 Å².